The lowest BCUT2D eigenvalue weighted by Gasteiger charge is -2.05. The lowest BCUT2D eigenvalue weighted by Crippen LogP contribution is -2.25. The first-order chi connectivity index (χ1) is 14.7. The summed E-state index contributed by atoms with van der Waals surface area (Å²) in [5.74, 6) is 2.41. The van der Waals surface area contributed by atoms with Crippen LogP contribution >= 0.6 is 39.5 Å². The monoisotopic (exact) mass is 498 g/mol. The van der Waals surface area contributed by atoms with Gasteiger partial charge in [0, 0.05) is 21.2 Å². The maximum atomic E-state index is 12.2. The summed E-state index contributed by atoms with van der Waals surface area (Å²) in [6.07, 6.45) is 5.04. The van der Waals surface area contributed by atoms with E-state index >= 15 is 0 Å². The van der Waals surface area contributed by atoms with Gasteiger partial charge in [-0.2, -0.15) is 0 Å². The van der Waals surface area contributed by atoms with Gasteiger partial charge in [0.2, 0.25) is 5.91 Å². The summed E-state index contributed by atoms with van der Waals surface area (Å²) in [4.78, 5) is 18.0. The lowest BCUT2D eigenvalue weighted by atomic mass is 10.1. The molecule has 2 aromatic carbocycles. The molecule has 30 heavy (non-hydrogen) atoms. The molecule has 1 N–H and O–H groups in total. The maximum Gasteiger partial charge on any atom is 0.249 e. The fraction of sp³-hybridized carbons (Fsp3) is 0.130. The highest BCUT2D eigenvalue weighted by molar-refractivity contribution is 9.10. The molecule has 0 spiro atoms. The first-order valence-corrected chi connectivity index (χ1v) is 12.1. The molecule has 1 atom stereocenters. The number of hydrogen-bond acceptors (Lipinski definition) is 5. The third-order valence-electron chi connectivity index (χ3n) is 4.40. The van der Waals surface area contributed by atoms with Crippen molar-refractivity contribution in [2.75, 3.05) is 5.75 Å². The van der Waals surface area contributed by atoms with Crippen LogP contribution in [-0.2, 0) is 10.5 Å². The van der Waals surface area contributed by atoms with E-state index in [4.69, 9.17) is 4.42 Å². The van der Waals surface area contributed by atoms with Crippen LogP contribution in [0.25, 0.3) is 6.08 Å². The summed E-state index contributed by atoms with van der Waals surface area (Å²) in [5, 5.41) is 3.54. The summed E-state index contributed by atoms with van der Waals surface area (Å²) in [6, 6.07) is 20.2. The van der Waals surface area contributed by atoms with Gasteiger partial charge in [0.15, 0.2) is 5.17 Å². The summed E-state index contributed by atoms with van der Waals surface area (Å²) >= 11 is 6.73. The molecule has 0 fully saturated rings. The number of carbonyl (C=O) groups is 1. The molecule has 3 aromatic rings. The largest absolute Gasteiger partial charge is 0.468 e. The van der Waals surface area contributed by atoms with Crippen molar-refractivity contribution in [3.05, 3.63) is 94.4 Å². The van der Waals surface area contributed by atoms with E-state index in [0.29, 0.717) is 5.17 Å². The van der Waals surface area contributed by atoms with E-state index in [-0.39, 0.29) is 11.9 Å². The van der Waals surface area contributed by atoms with Gasteiger partial charge in [-0.15, -0.1) is 11.8 Å². The summed E-state index contributed by atoms with van der Waals surface area (Å²) in [6.45, 7) is 0. The van der Waals surface area contributed by atoms with Gasteiger partial charge < -0.3 is 9.73 Å². The first-order valence-electron chi connectivity index (χ1n) is 9.36. The SMILES string of the molecule is O=C(/C=C/c1ccc(SCc2ccco2)cc1)NC1=NC(c2ccc(Br)cc2)CS1. The standard InChI is InChI=1S/C23H19BrN2O2S2/c24-18-8-6-17(7-9-18)21-15-30-23(25-21)26-22(27)12-5-16-3-10-20(11-4-16)29-14-19-2-1-13-28-19/h1-13,21H,14-15H2,(H,25,26,27)/b12-5+. The number of benzene rings is 2. The molecule has 1 amide bonds. The van der Waals surface area contributed by atoms with Gasteiger partial charge >= 0.3 is 0 Å². The van der Waals surface area contributed by atoms with Crippen LogP contribution in [-0.4, -0.2) is 16.8 Å². The lowest BCUT2D eigenvalue weighted by molar-refractivity contribution is -0.115. The Morgan fingerprint density at radius 3 is 2.73 bits per heavy atom. The predicted octanol–water partition coefficient (Wildman–Crippen LogP) is 6.31. The number of rotatable bonds is 6. The van der Waals surface area contributed by atoms with E-state index in [1.54, 1.807) is 35.9 Å². The van der Waals surface area contributed by atoms with Gasteiger partial charge in [-0.1, -0.05) is 52.0 Å². The van der Waals surface area contributed by atoms with Gasteiger partial charge in [0.05, 0.1) is 18.1 Å². The summed E-state index contributed by atoms with van der Waals surface area (Å²) in [5.41, 5.74) is 2.12. The number of amides is 1. The Morgan fingerprint density at radius 1 is 1.20 bits per heavy atom. The quantitative estimate of drug-likeness (QED) is 0.319. The number of nitrogens with one attached hydrogen (secondary N) is 1. The minimum Gasteiger partial charge on any atom is -0.468 e. The second kappa shape index (κ2) is 10.2. The number of aliphatic imine (C=N–C) groups is 1. The van der Waals surface area contributed by atoms with Gasteiger partial charge in [-0.05, 0) is 53.6 Å². The molecule has 1 unspecified atom stereocenters. The molecule has 2 heterocycles. The number of halogens is 1. The Kier molecular flexibility index (Phi) is 7.15. The van der Waals surface area contributed by atoms with Crippen molar-refractivity contribution >= 4 is 56.6 Å². The van der Waals surface area contributed by atoms with Crippen LogP contribution in [0.1, 0.15) is 22.9 Å². The molecule has 7 heteroatoms. The van der Waals surface area contributed by atoms with Crippen LogP contribution in [0.3, 0.4) is 0 Å². The van der Waals surface area contributed by atoms with Crippen LogP contribution < -0.4 is 5.32 Å². The maximum absolute atomic E-state index is 12.2. The highest BCUT2D eigenvalue weighted by Gasteiger charge is 2.20. The predicted molar refractivity (Wildman–Crippen MR) is 129 cm³/mol. The van der Waals surface area contributed by atoms with Gasteiger partial charge in [0.25, 0.3) is 0 Å². The fourth-order valence-electron chi connectivity index (χ4n) is 2.84. The van der Waals surface area contributed by atoms with E-state index in [9.17, 15) is 4.79 Å². The summed E-state index contributed by atoms with van der Waals surface area (Å²) in [7, 11) is 0. The third kappa shape index (κ3) is 5.90. The van der Waals surface area contributed by atoms with Crippen molar-refractivity contribution < 1.29 is 9.21 Å². The molecule has 0 bridgehead atoms. The molecule has 1 aliphatic rings. The number of furan rings is 1. The molecule has 0 radical (unpaired) electrons. The normalized spacial score (nSPS) is 16.0. The molecule has 4 nitrogen and oxygen atoms in total. The smallest absolute Gasteiger partial charge is 0.249 e. The molecular weight excluding hydrogens is 480 g/mol. The zero-order valence-corrected chi connectivity index (χ0v) is 19.2. The average molecular weight is 499 g/mol. The van der Waals surface area contributed by atoms with Crippen molar-refractivity contribution in [3.8, 4) is 0 Å². The Labute approximate surface area is 192 Å². The van der Waals surface area contributed by atoms with Crippen molar-refractivity contribution in [2.24, 2.45) is 4.99 Å². The van der Waals surface area contributed by atoms with Crippen molar-refractivity contribution in [3.63, 3.8) is 0 Å². The van der Waals surface area contributed by atoms with Crippen LogP contribution in [0.5, 0.6) is 0 Å². The average Bonchev–Trinajstić information content (AvgIpc) is 3.44. The van der Waals surface area contributed by atoms with Crippen molar-refractivity contribution in [1.82, 2.24) is 5.32 Å². The zero-order valence-electron chi connectivity index (χ0n) is 16.0. The van der Waals surface area contributed by atoms with Crippen molar-refractivity contribution in [2.45, 2.75) is 16.7 Å². The fourth-order valence-corrected chi connectivity index (χ4v) is 4.86. The Balaban J connectivity index is 1.28. The Bertz CT molecular complexity index is 1050. The second-order valence-electron chi connectivity index (χ2n) is 6.57. The number of thioether (sulfide) groups is 2. The van der Waals surface area contributed by atoms with Gasteiger partial charge in [-0.3, -0.25) is 9.79 Å². The highest BCUT2D eigenvalue weighted by atomic mass is 79.9. The number of hydrogen-bond donors (Lipinski definition) is 1. The Morgan fingerprint density at radius 2 is 2.00 bits per heavy atom. The molecule has 1 aliphatic heterocycles. The Hall–Kier alpha value is -2.22. The van der Waals surface area contributed by atoms with E-state index in [1.807, 2.05) is 54.6 Å². The van der Waals surface area contributed by atoms with E-state index in [1.165, 1.54) is 0 Å². The minimum absolute atomic E-state index is 0.0774. The second-order valence-corrected chi connectivity index (χ2v) is 9.55. The molecule has 152 valence electrons. The number of nitrogens with zero attached hydrogens (tertiary/aromatic N) is 1. The third-order valence-corrected chi connectivity index (χ3v) is 6.93. The molecule has 4 rings (SSSR count). The highest BCUT2D eigenvalue weighted by Crippen LogP contribution is 2.30. The number of amidine groups is 1. The molecule has 1 aromatic heterocycles. The van der Waals surface area contributed by atoms with E-state index in [0.717, 1.165) is 37.8 Å². The molecular formula is C23H19BrN2O2S2. The van der Waals surface area contributed by atoms with Crippen molar-refractivity contribution in [1.29, 1.82) is 0 Å². The van der Waals surface area contributed by atoms with Gasteiger partial charge in [0.1, 0.15) is 5.76 Å². The molecule has 0 saturated heterocycles. The van der Waals surface area contributed by atoms with Crippen LogP contribution in [0, 0.1) is 0 Å². The van der Waals surface area contributed by atoms with Crippen LogP contribution in [0.4, 0.5) is 0 Å². The van der Waals surface area contributed by atoms with E-state index in [2.05, 4.69) is 38.4 Å². The first kappa shape index (κ1) is 21.0. The molecule has 0 aliphatic carbocycles. The minimum atomic E-state index is -0.172. The zero-order chi connectivity index (χ0) is 20.8. The van der Waals surface area contributed by atoms with Crippen LogP contribution in [0.2, 0.25) is 0 Å². The number of carbonyl (C=O) groups excluding carboxylic acids is 1. The van der Waals surface area contributed by atoms with Gasteiger partial charge in [-0.25, -0.2) is 0 Å². The topological polar surface area (TPSA) is 54.6 Å². The van der Waals surface area contributed by atoms with Crippen LogP contribution in [0.15, 0.2) is 91.8 Å². The molecule has 0 saturated carbocycles. The summed E-state index contributed by atoms with van der Waals surface area (Å²) < 4.78 is 6.39. The van der Waals surface area contributed by atoms with E-state index < -0.39 is 0 Å².